The van der Waals surface area contributed by atoms with Crippen molar-refractivity contribution in [3.05, 3.63) is 41.7 Å². The average Bonchev–Trinajstić information content (AvgIpc) is 2.41. The first-order valence-electron chi connectivity index (χ1n) is 6.33. The van der Waals surface area contributed by atoms with Gasteiger partial charge in [0.2, 0.25) is 0 Å². The van der Waals surface area contributed by atoms with Crippen LogP contribution >= 0.6 is 0 Å². The molecule has 6 heteroatoms. The van der Waals surface area contributed by atoms with Crippen LogP contribution in [0, 0.1) is 0 Å². The van der Waals surface area contributed by atoms with Crippen LogP contribution in [0.15, 0.2) is 36.1 Å². The van der Waals surface area contributed by atoms with Crippen molar-refractivity contribution < 1.29 is 22.6 Å². The fourth-order valence-electron chi connectivity index (χ4n) is 2.22. The molecule has 2 rings (SSSR count). The first-order chi connectivity index (χ1) is 9.49. The van der Waals surface area contributed by atoms with Crippen LogP contribution < -0.4 is 10.1 Å². The van der Waals surface area contributed by atoms with Crippen molar-refractivity contribution in [3.8, 4) is 5.75 Å². The monoisotopic (exact) mass is 287 g/mol. The number of likely N-dealkylation sites (N-methyl/N-ethyl adjacent to an activating group) is 1. The van der Waals surface area contributed by atoms with Crippen LogP contribution in [0.4, 0.5) is 13.2 Å². The molecule has 1 unspecified atom stereocenters. The molecule has 1 aliphatic rings. The van der Waals surface area contributed by atoms with E-state index >= 15 is 0 Å². The lowest BCUT2D eigenvalue weighted by atomic mass is 9.95. The summed E-state index contributed by atoms with van der Waals surface area (Å²) in [6.45, 7) is 0.707. The van der Waals surface area contributed by atoms with Crippen LogP contribution in [0.5, 0.6) is 5.75 Å². The maximum absolute atomic E-state index is 12.1. The highest BCUT2D eigenvalue weighted by Crippen LogP contribution is 2.29. The molecular formula is C14H16F3NO2. The average molecular weight is 287 g/mol. The van der Waals surface area contributed by atoms with E-state index < -0.39 is 6.36 Å². The van der Waals surface area contributed by atoms with Gasteiger partial charge in [0.15, 0.2) is 0 Å². The molecule has 0 aromatic heterocycles. The van der Waals surface area contributed by atoms with Crippen molar-refractivity contribution in [2.24, 2.45) is 0 Å². The van der Waals surface area contributed by atoms with Crippen LogP contribution in [0.25, 0.3) is 0 Å². The summed E-state index contributed by atoms with van der Waals surface area (Å²) in [5.41, 5.74) is 1.96. The van der Waals surface area contributed by atoms with Crippen LogP contribution in [0.1, 0.15) is 24.4 Å². The van der Waals surface area contributed by atoms with Gasteiger partial charge in [-0.05, 0) is 43.2 Å². The summed E-state index contributed by atoms with van der Waals surface area (Å²) in [4.78, 5) is 0. The summed E-state index contributed by atoms with van der Waals surface area (Å²) in [7, 11) is 1.81. The van der Waals surface area contributed by atoms with Crippen LogP contribution in [-0.2, 0) is 4.74 Å². The molecule has 0 saturated heterocycles. The first kappa shape index (κ1) is 14.7. The van der Waals surface area contributed by atoms with Gasteiger partial charge in [0.1, 0.15) is 5.75 Å². The lowest BCUT2D eigenvalue weighted by Gasteiger charge is -2.23. The van der Waals surface area contributed by atoms with Gasteiger partial charge >= 0.3 is 6.36 Å². The predicted molar refractivity (Wildman–Crippen MR) is 68.2 cm³/mol. The van der Waals surface area contributed by atoms with E-state index in [0.29, 0.717) is 6.61 Å². The Morgan fingerprint density at radius 1 is 1.25 bits per heavy atom. The van der Waals surface area contributed by atoms with E-state index in [1.54, 1.807) is 25.4 Å². The van der Waals surface area contributed by atoms with Gasteiger partial charge in [-0.3, -0.25) is 0 Å². The quantitative estimate of drug-likeness (QED) is 0.918. The Hall–Kier alpha value is -1.69. The van der Waals surface area contributed by atoms with Crippen molar-refractivity contribution in [1.82, 2.24) is 5.32 Å². The minimum absolute atomic E-state index is 0.0600. The van der Waals surface area contributed by atoms with Crippen molar-refractivity contribution in [2.75, 3.05) is 13.7 Å². The number of alkyl halides is 3. The Morgan fingerprint density at radius 2 is 1.95 bits per heavy atom. The van der Waals surface area contributed by atoms with Crippen molar-refractivity contribution in [1.29, 1.82) is 0 Å². The second kappa shape index (κ2) is 6.17. The molecule has 0 radical (unpaired) electrons. The van der Waals surface area contributed by atoms with E-state index in [1.165, 1.54) is 12.1 Å². The summed E-state index contributed by atoms with van der Waals surface area (Å²) in [5.74, 6) is -0.218. The number of ether oxygens (including phenoxy) is 2. The molecule has 110 valence electrons. The number of hydrogen-bond donors (Lipinski definition) is 1. The minimum Gasteiger partial charge on any atom is -0.501 e. The largest absolute Gasteiger partial charge is 0.573 e. The third-order valence-corrected chi connectivity index (χ3v) is 3.07. The molecule has 0 fully saturated rings. The highest BCUT2D eigenvalue weighted by Gasteiger charge is 2.31. The molecular weight excluding hydrogens is 271 g/mol. The summed E-state index contributed by atoms with van der Waals surface area (Å²) in [6.07, 6.45) is -1.08. The van der Waals surface area contributed by atoms with Gasteiger partial charge in [0.05, 0.1) is 18.9 Å². The highest BCUT2D eigenvalue weighted by atomic mass is 19.4. The number of benzene rings is 1. The van der Waals surface area contributed by atoms with Crippen LogP contribution in [0.2, 0.25) is 0 Å². The molecule has 1 atom stereocenters. The Balaban J connectivity index is 2.13. The molecule has 0 amide bonds. The predicted octanol–water partition coefficient (Wildman–Crippen LogP) is 3.54. The summed E-state index contributed by atoms with van der Waals surface area (Å²) < 4.78 is 45.4. The minimum atomic E-state index is -4.66. The molecule has 1 aromatic rings. The summed E-state index contributed by atoms with van der Waals surface area (Å²) >= 11 is 0. The Labute approximate surface area is 115 Å². The zero-order valence-corrected chi connectivity index (χ0v) is 11.0. The van der Waals surface area contributed by atoms with Crippen LogP contribution in [-0.4, -0.2) is 20.0 Å². The molecule has 20 heavy (non-hydrogen) atoms. The number of halogens is 3. The lowest BCUT2D eigenvalue weighted by molar-refractivity contribution is -0.274. The molecule has 3 nitrogen and oxygen atoms in total. The second-order valence-corrected chi connectivity index (χ2v) is 4.51. The lowest BCUT2D eigenvalue weighted by Crippen LogP contribution is -2.21. The number of rotatable bonds is 4. The van der Waals surface area contributed by atoms with Gasteiger partial charge in [0.25, 0.3) is 0 Å². The smallest absolute Gasteiger partial charge is 0.501 e. The second-order valence-electron chi connectivity index (χ2n) is 4.51. The topological polar surface area (TPSA) is 30.5 Å². The summed E-state index contributed by atoms with van der Waals surface area (Å²) in [6, 6.07) is 5.82. The molecule has 0 bridgehead atoms. The zero-order valence-electron chi connectivity index (χ0n) is 11.0. The Kier molecular flexibility index (Phi) is 4.54. The van der Waals surface area contributed by atoms with Gasteiger partial charge < -0.3 is 14.8 Å². The molecule has 1 N–H and O–H groups in total. The van der Waals surface area contributed by atoms with Crippen molar-refractivity contribution >= 4 is 0 Å². The maximum Gasteiger partial charge on any atom is 0.573 e. The SMILES string of the molecule is CNC(C1=COCCC1)c1ccc(OC(F)(F)F)cc1. The molecule has 1 aliphatic heterocycles. The fourth-order valence-corrected chi connectivity index (χ4v) is 2.22. The van der Waals surface area contributed by atoms with Gasteiger partial charge in [0, 0.05) is 0 Å². The van der Waals surface area contributed by atoms with Crippen molar-refractivity contribution in [2.45, 2.75) is 25.2 Å². The van der Waals surface area contributed by atoms with Crippen molar-refractivity contribution in [3.63, 3.8) is 0 Å². The Morgan fingerprint density at radius 3 is 2.45 bits per heavy atom. The Bertz CT molecular complexity index is 468. The number of hydrogen-bond acceptors (Lipinski definition) is 3. The van der Waals surface area contributed by atoms with E-state index in [9.17, 15) is 13.2 Å². The molecule has 1 aromatic carbocycles. The standard InChI is InChI=1S/C14H16F3NO2/c1-18-13(11-3-2-8-19-9-11)10-4-6-12(7-5-10)20-14(15,16)17/h4-7,9,13,18H,2-3,8H2,1H3. The van der Waals surface area contributed by atoms with Gasteiger partial charge in [-0.25, -0.2) is 0 Å². The van der Waals surface area contributed by atoms with E-state index in [4.69, 9.17) is 4.74 Å². The number of nitrogens with one attached hydrogen (secondary N) is 1. The maximum atomic E-state index is 12.1. The normalized spacial score (nSPS) is 17.1. The molecule has 0 saturated carbocycles. The fraction of sp³-hybridized carbons (Fsp3) is 0.429. The molecule has 0 aliphatic carbocycles. The third-order valence-electron chi connectivity index (χ3n) is 3.07. The zero-order chi connectivity index (χ0) is 14.6. The van der Waals surface area contributed by atoms with E-state index in [1.807, 2.05) is 0 Å². The molecule has 1 heterocycles. The third kappa shape index (κ3) is 3.90. The van der Waals surface area contributed by atoms with Gasteiger partial charge in [-0.1, -0.05) is 12.1 Å². The molecule has 0 spiro atoms. The van der Waals surface area contributed by atoms with E-state index in [0.717, 1.165) is 24.0 Å². The van der Waals surface area contributed by atoms with Gasteiger partial charge in [-0.15, -0.1) is 13.2 Å². The summed E-state index contributed by atoms with van der Waals surface area (Å²) in [5, 5.41) is 3.14. The highest BCUT2D eigenvalue weighted by molar-refractivity contribution is 5.33. The van der Waals surface area contributed by atoms with Gasteiger partial charge in [-0.2, -0.15) is 0 Å². The first-order valence-corrected chi connectivity index (χ1v) is 6.33. The van der Waals surface area contributed by atoms with E-state index in [-0.39, 0.29) is 11.8 Å². The van der Waals surface area contributed by atoms with Crippen LogP contribution in [0.3, 0.4) is 0 Å². The van der Waals surface area contributed by atoms with E-state index in [2.05, 4.69) is 10.1 Å².